The molecule has 0 bridgehead atoms. The van der Waals surface area contributed by atoms with E-state index in [2.05, 4.69) is 31.2 Å². The summed E-state index contributed by atoms with van der Waals surface area (Å²) in [6, 6.07) is 1.79. The molecule has 0 unspecified atom stereocenters. The van der Waals surface area contributed by atoms with Gasteiger partial charge < -0.3 is 9.84 Å². The molecule has 0 spiro atoms. The van der Waals surface area contributed by atoms with Crippen molar-refractivity contribution in [3.63, 3.8) is 0 Å². The Morgan fingerprint density at radius 1 is 1.47 bits per heavy atom. The van der Waals surface area contributed by atoms with Gasteiger partial charge in [-0.1, -0.05) is 25.9 Å². The lowest BCUT2D eigenvalue weighted by molar-refractivity contribution is -0.120. The van der Waals surface area contributed by atoms with Crippen LogP contribution in [0.1, 0.15) is 45.1 Å². The van der Waals surface area contributed by atoms with Gasteiger partial charge >= 0.3 is 0 Å². The molecule has 4 nitrogen and oxygen atoms in total. The highest BCUT2D eigenvalue weighted by Gasteiger charge is 2.10. The number of carbonyl (C=O) groups excluding carboxylic acids is 1. The third-order valence-electron chi connectivity index (χ3n) is 2.44. The van der Waals surface area contributed by atoms with Gasteiger partial charge in [0.1, 0.15) is 5.76 Å². The van der Waals surface area contributed by atoms with E-state index in [0.29, 0.717) is 17.5 Å². The van der Waals surface area contributed by atoms with E-state index in [0.717, 1.165) is 25.1 Å². The zero-order chi connectivity index (χ0) is 12.9. The molecule has 17 heavy (non-hydrogen) atoms. The topological polar surface area (TPSA) is 55.1 Å². The van der Waals surface area contributed by atoms with E-state index in [1.165, 1.54) is 0 Å². The lowest BCUT2D eigenvalue weighted by atomic mass is 9.91. The second-order valence-corrected chi connectivity index (χ2v) is 5.62. The smallest absolute Gasteiger partial charge is 0.226 e. The zero-order valence-corrected chi connectivity index (χ0v) is 11.2. The minimum absolute atomic E-state index is 0.00668. The van der Waals surface area contributed by atoms with Crippen molar-refractivity contribution in [2.75, 3.05) is 6.54 Å². The third kappa shape index (κ3) is 6.09. The fraction of sp³-hybridized carbons (Fsp3) is 0.692. The largest absolute Gasteiger partial charge is 0.361 e. The van der Waals surface area contributed by atoms with Gasteiger partial charge in [-0.3, -0.25) is 4.79 Å². The average molecular weight is 238 g/mol. The maximum Gasteiger partial charge on any atom is 0.226 e. The van der Waals surface area contributed by atoms with Gasteiger partial charge in [0.2, 0.25) is 5.91 Å². The van der Waals surface area contributed by atoms with Crippen LogP contribution in [0.5, 0.6) is 0 Å². The standard InChI is InChI=1S/C13H22N2O2/c1-10-8-11(15-17-10)9-12(16)14-7-5-6-13(2,3)4/h8H,5-7,9H2,1-4H3,(H,14,16). The summed E-state index contributed by atoms with van der Waals surface area (Å²) >= 11 is 0. The molecule has 1 aromatic rings. The summed E-state index contributed by atoms with van der Waals surface area (Å²) < 4.78 is 4.91. The molecular weight excluding hydrogens is 216 g/mol. The quantitative estimate of drug-likeness (QED) is 0.802. The van der Waals surface area contributed by atoms with Crippen LogP contribution in [0.15, 0.2) is 10.6 Å². The molecule has 0 aliphatic carbocycles. The second-order valence-electron chi connectivity index (χ2n) is 5.62. The number of nitrogens with one attached hydrogen (secondary N) is 1. The van der Waals surface area contributed by atoms with Gasteiger partial charge in [-0.15, -0.1) is 0 Å². The third-order valence-corrected chi connectivity index (χ3v) is 2.44. The van der Waals surface area contributed by atoms with Gasteiger partial charge in [0.15, 0.2) is 0 Å². The Hall–Kier alpha value is -1.32. The van der Waals surface area contributed by atoms with Gasteiger partial charge in [0, 0.05) is 12.6 Å². The fourth-order valence-electron chi connectivity index (χ4n) is 1.57. The van der Waals surface area contributed by atoms with Crippen molar-refractivity contribution in [3.05, 3.63) is 17.5 Å². The van der Waals surface area contributed by atoms with Gasteiger partial charge in [0.25, 0.3) is 0 Å². The van der Waals surface area contributed by atoms with Crippen LogP contribution in [0.2, 0.25) is 0 Å². The Labute approximate surface area is 103 Å². The molecule has 0 saturated heterocycles. The maximum absolute atomic E-state index is 11.6. The van der Waals surface area contributed by atoms with E-state index in [9.17, 15) is 4.79 Å². The monoisotopic (exact) mass is 238 g/mol. The van der Waals surface area contributed by atoms with E-state index < -0.39 is 0 Å². The second kappa shape index (κ2) is 5.84. The Kier molecular flexibility index (Phi) is 4.73. The first-order chi connectivity index (χ1) is 7.87. The Morgan fingerprint density at radius 3 is 2.71 bits per heavy atom. The van der Waals surface area contributed by atoms with Crippen molar-refractivity contribution in [1.29, 1.82) is 0 Å². The van der Waals surface area contributed by atoms with Crippen molar-refractivity contribution in [2.45, 2.75) is 47.0 Å². The minimum atomic E-state index is 0.00668. The molecule has 1 rings (SSSR count). The van der Waals surface area contributed by atoms with Gasteiger partial charge in [0.05, 0.1) is 12.1 Å². The van der Waals surface area contributed by atoms with Crippen molar-refractivity contribution in [3.8, 4) is 0 Å². The number of aromatic nitrogens is 1. The van der Waals surface area contributed by atoms with E-state index in [1.54, 1.807) is 6.07 Å². The molecule has 0 fully saturated rings. The summed E-state index contributed by atoms with van der Waals surface area (Å²) in [7, 11) is 0. The summed E-state index contributed by atoms with van der Waals surface area (Å²) in [6.45, 7) is 9.15. The number of hydrogen-bond acceptors (Lipinski definition) is 3. The van der Waals surface area contributed by atoms with Gasteiger partial charge in [-0.2, -0.15) is 0 Å². The summed E-state index contributed by atoms with van der Waals surface area (Å²) in [5.74, 6) is 0.743. The Balaban J connectivity index is 2.18. The van der Waals surface area contributed by atoms with Crippen molar-refractivity contribution in [1.82, 2.24) is 10.5 Å². The predicted molar refractivity (Wildman–Crippen MR) is 66.6 cm³/mol. The van der Waals surface area contributed by atoms with Crippen LogP contribution in [0.3, 0.4) is 0 Å². The number of carbonyl (C=O) groups is 1. The highest BCUT2D eigenvalue weighted by Crippen LogP contribution is 2.19. The van der Waals surface area contributed by atoms with E-state index in [4.69, 9.17) is 4.52 Å². The molecule has 1 aromatic heterocycles. The molecule has 0 aliphatic heterocycles. The van der Waals surface area contributed by atoms with Crippen LogP contribution in [0, 0.1) is 12.3 Å². The van der Waals surface area contributed by atoms with E-state index in [1.807, 2.05) is 6.92 Å². The molecule has 1 amide bonds. The number of aryl methyl sites for hydroxylation is 1. The lowest BCUT2D eigenvalue weighted by Gasteiger charge is -2.17. The predicted octanol–water partition coefficient (Wildman–Crippen LogP) is 2.47. The summed E-state index contributed by atoms with van der Waals surface area (Å²) in [5.41, 5.74) is 1.02. The van der Waals surface area contributed by atoms with Gasteiger partial charge in [-0.05, 0) is 25.2 Å². The lowest BCUT2D eigenvalue weighted by Crippen LogP contribution is -2.26. The Bertz CT molecular complexity index is 364. The normalized spacial score (nSPS) is 11.5. The molecule has 1 N–H and O–H groups in total. The van der Waals surface area contributed by atoms with Crippen molar-refractivity contribution < 1.29 is 9.32 Å². The summed E-state index contributed by atoms with van der Waals surface area (Å²) in [6.07, 6.45) is 2.41. The highest BCUT2D eigenvalue weighted by atomic mass is 16.5. The number of nitrogens with zero attached hydrogens (tertiary/aromatic N) is 1. The highest BCUT2D eigenvalue weighted by molar-refractivity contribution is 5.77. The van der Waals surface area contributed by atoms with Crippen molar-refractivity contribution >= 4 is 5.91 Å². The molecule has 96 valence electrons. The molecule has 4 heteroatoms. The molecular formula is C13H22N2O2. The van der Waals surface area contributed by atoms with Crippen LogP contribution in [0.25, 0.3) is 0 Å². The van der Waals surface area contributed by atoms with Crippen LogP contribution < -0.4 is 5.32 Å². The number of hydrogen-bond donors (Lipinski definition) is 1. The minimum Gasteiger partial charge on any atom is -0.361 e. The fourth-order valence-corrected chi connectivity index (χ4v) is 1.57. The molecule has 0 aliphatic rings. The average Bonchev–Trinajstić information content (AvgIpc) is 2.57. The molecule has 0 radical (unpaired) electrons. The Morgan fingerprint density at radius 2 is 2.18 bits per heavy atom. The first-order valence-corrected chi connectivity index (χ1v) is 6.06. The first-order valence-electron chi connectivity index (χ1n) is 6.06. The molecule has 0 atom stereocenters. The first kappa shape index (κ1) is 13.7. The SMILES string of the molecule is Cc1cc(CC(=O)NCCCC(C)(C)C)no1. The van der Waals surface area contributed by atoms with Gasteiger partial charge in [-0.25, -0.2) is 0 Å². The number of amides is 1. The van der Waals surface area contributed by atoms with Crippen LogP contribution in [0.4, 0.5) is 0 Å². The van der Waals surface area contributed by atoms with Crippen molar-refractivity contribution in [2.24, 2.45) is 5.41 Å². The van der Waals surface area contributed by atoms with Crippen LogP contribution in [-0.2, 0) is 11.2 Å². The zero-order valence-electron chi connectivity index (χ0n) is 11.2. The van der Waals surface area contributed by atoms with E-state index >= 15 is 0 Å². The maximum atomic E-state index is 11.6. The van der Waals surface area contributed by atoms with Crippen LogP contribution in [-0.4, -0.2) is 17.6 Å². The van der Waals surface area contributed by atoms with Crippen LogP contribution >= 0.6 is 0 Å². The number of rotatable bonds is 5. The summed E-state index contributed by atoms with van der Waals surface area (Å²) in [4.78, 5) is 11.6. The van der Waals surface area contributed by atoms with E-state index in [-0.39, 0.29) is 5.91 Å². The molecule has 0 aromatic carbocycles. The molecule has 0 saturated carbocycles. The molecule has 1 heterocycles. The summed E-state index contributed by atoms with van der Waals surface area (Å²) in [5, 5.41) is 6.68.